The standard InChI is InChI=1S/C33H32N4O6/c1-22-7-9-24(10-8-22)32(39)36(19-27-6-5-17-43-27)21-31(38)35-33-34-28(23-11-14-26(40-2)15-12-23)20-37(33)25-13-16-29(41-3)30(18-25)42-4/h5-18,20H,19,21H2,1-4H3,(H,34,35,38). The third kappa shape index (κ3) is 6.70. The van der Waals surface area contributed by atoms with Gasteiger partial charge in [-0.25, -0.2) is 4.98 Å². The van der Waals surface area contributed by atoms with Gasteiger partial charge in [0, 0.05) is 23.4 Å². The molecule has 2 aromatic heterocycles. The molecule has 0 unspecified atom stereocenters. The molecule has 5 aromatic rings. The Morgan fingerprint density at radius 1 is 0.907 bits per heavy atom. The molecule has 2 heterocycles. The first-order chi connectivity index (χ1) is 20.9. The molecular formula is C33H32N4O6. The molecule has 0 radical (unpaired) electrons. The third-order valence-corrected chi connectivity index (χ3v) is 6.84. The van der Waals surface area contributed by atoms with Gasteiger partial charge < -0.3 is 23.5 Å². The summed E-state index contributed by atoms with van der Waals surface area (Å²) in [5, 5.41) is 2.91. The predicted octanol–water partition coefficient (Wildman–Crippen LogP) is 5.75. The van der Waals surface area contributed by atoms with Crippen molar-refractivity contribution >= 4 is 17.8 Å². The topological polar surface area (TPSA) is 108 Å². The van der Waals surface area contributed by atoms with E-state index in [0.717, 1.165) is 11.1 Å². The van der Waals surface area contributed by atoms with Gasteiger partial charge in [-0.1, -0.05) is 17.7 Å². The summed E-state index contributed by atoms with van der Waals surface area (Å²) in [6.07, 6.45) is 3.35. The van der Waals surface area contributed by atoms with Gasteiger partial charge in [0.15, 0.2) is 11.5 Å². The first kappa shape index (κ1) is 29.0. The molecule has 0 aliphatic heterocycles. The largest absolute Gasteiger partial charge is 0.497 e. The molecule has 43 heavy (non-hydrogen) atoms. The second-order valence-corrected chi connectivity index (χ2v) is 9.74. The molecular weight excluding hydrogens is 548 g/mol. The number of aryl methyl sites for hydroxylation is 1. The monoisotopic (exact) mass is 580 g/mol. The summed E-state index contributed by atoms with van der Waals surface area (Å²) in [7, 11) is 4.72. The minimum Gasteiger partial charge on any atom is -0.497 e. The van der Waals surface area contributed by atoms with Crippen LogP contribution in [-0.4, -0.2) is 54.1 Å². The van der Waals surface area contributed by atoms with Gasteiger partial charge in [-0.05, 0) is 67.6 Å². The van der Waals surface area contributed by atoms with Crippen LogP contribution in [-0.2, 0) is 11.3 Å². The van der Waals surface area contributed by atoms with E-state index in [1.807, 2.05) is 55.6 Å². The zero-order valence-corrected chi connectivity index (χ0v) is 24.4. The normalized spacial score (nSPS) is 10.7. The Morgan fingerprint density at radius 2 is 1.65 bits per heavy atom. The second kappa shape index (κ2) is 13.0. The lowest BCUT2D eigenvalue weighted by Gasteiger charge is -2.21. The summed E-state index contributed by atoms with van der Waals surface area (Å²) < 4.78 is 23.4. The van der Waals surface area contributed by atoms with Crippen molar-refractivity contribution in [2.75, 3.05) is 33.2 Å². The van der Waals surface area contributed by atoms with E-state index in [9.17, 15) is 9.59 Å². The molecule has 0 atom stereocenters. The Labute approximate surface area is 249 Å². The molecule has 0 saturated carbocycles. The molecule has 0 saturated heterocycles. The lowest BCUT2D eigenvalue weighted by molar-refractivity contribution is -0.117. The number of amides is 2. The molecule has 3 aromatic carbocycles. The van der Waals surface area contributed by atoms with Crippen molar-refractivity contribution in [3.8, 4) is 34.2 Å². The van der Waals surface area contributed by atoms with Crippen LogP contribution in [0.4, 0.5) is 5.95 Å². The maximum atomic E-state index is 13.5. The summed E-state index contributed by atoms with van der Waals surface area (Å²) in [4.78, 5) is 33.2. The first-order valence-corrected chi connectivity index (χ1v) is 13.5. The number of rotatable bonds is 11. The number of methoxy groups -OCH3 is 3. The number of hydrogen-bond donors (Lipinski definition) is 1. The Bertz CT molecular complexity index is 1690. The lowest BCUT2D eigenvalue weighted by atomic mass is 10.1. The van der Waals surface area contributed by atoms with Crippen LogP contribution in [0, 0.1) is 6.92 Å². The van der Waals surface area contributed by atoms with E-state index in [-0.39, 0.29) is 24.9 Å². The number of imidazole rings is 1. The van der Waals surface area contributed by atoms with Gasteiger partial charge in [-0.15, -0.1) is 0 Å². The first-order valence-electron chi connectivity index (χ1n) is 13.5. The maximum absolute atomic E-state index is 13.5. The van der Waals surface area contributed by atoms with Crippen LogP contribution in [0.15, 0.2) is 95.7 Å². The van der Waals surface area contributed by atoms with E-state index >= 15 is 0 Å². The Morgan fingerprint density at radius 3 is 2.30 bits per heavy atom. The van der Waals surface area contributed by atoms with Crippen LogP contribution in [0.3, 0.4) is 0 Å². The summed E-state index contributed by atoms with van der Waals surface area (Å²) >= 11 is 0. The zero-order valence-electron chi connectivity index (χ0n) is 24.4. The number of nitrogens with zero attached hydrogens (tertiary/aromatic N) is 3. The van der Waals surface area contributed by atoms with Gasteiger partial charge in [0.1, 0.15) is 18.1 Å². The van der Waals surface area contributed by atoms with Gasteiger partial charge in [0.05, 0.1) is 45.5 Å². The number of benzene rings is 3. The predicted molar refractivity (Wildman–Crippen MR) is 162 cm³/mol. The van der Waals surface area contributed by atoms with E-state index in [1.54, 1.807) is 62.3 Å². The number of furan rings is 1. The van der Waals surface area contributed by atoms with Gasteiger partial charge >= 0.3 is 0 Å². The van der Waals surface area contributed by atoms with E-state index in [0.29, 0.717) is 40.0 Å². The lowest BCUT2D eigenvalue weighted by Crippen LogP contribution is -2.37. The van der Waals surface area contributed by atoms with Crippen LogP contribution in [0.2, 0.25) is 0 Å². The SMILES string of the molecule is COc1ccc(-c2cn(-c3ccc(OC)c(OC)c3)c(NC(=O)CN(Cc3ccco3)C(=O)c3ccc(C)cc3)n2)cc1. The van der Waals surface area contributed by atoms with E-state index in [1.165, 1.54) is 11.2 Å². The van der Waals surface area contributed by atoms with E-state index < -0.39 is 5.91 Å². The minimum atomic E-state index is -0.430. The zero-order chi connectivity index (χ0) is 30.3. The Hall–Kier alpha value is -5.51. The van der Waals surface area contributed by atoms with Gasteiger partial charge in [0.2, 0.25) is 11.9 Å². The molecule has 2 amide bonds. The summed E-state index contributed by atoms with van der Waals surface area (Å²) in [6.45, 7) is 1.83. The van der Waals surface area contributed by atoms with Crippen LogP contribution >= 0.6 is 0 Å². The van der Waals surface area contributed by atoms with E-state index in [4.69, 9.17) is 23.6 Å². The number of nitrogens with one attached hydrogen (secondary N) is 1. The van der Waals surface area contributed by atoms with Crippen molar-refractivity contribution in [2.45, 2.75) is 13.5 Å². The number of aromatic nitrogens is 2. The number of hydrogen-bond acceptors (Lipinski definition) is 7. The average molecular weight is 581 g/mol. The van der Waals surface area contributed by atoms with Gasteiger partial charge in [-0.3, -0.25) is 19.5 Å². The summed E-state index contributed by atoms with van der Waals surface area (Å²) in [5.41, 5.74) is 3.63. The highest BCUT2D eigenvalue weighted by Crippen LogP contribution is 2.32. The van der Waals surface area contributed by atoms with Crippen molar-refractivity contribution in [2.24, 2.45) is 0 Å². The second-order valence-electron chi connectivity index (χ2n) is 9.74. The van der Waals surface area contributed by atoms with Crippen molar-refractivity contribution in [3.05, 3.63) is 108 Å². The molecule has 10 nitrogen and oxygen atoms in total. The molecule has 0 aliphatic carbocycles. The summed E-state index contributed by atoms with van der Waals surface area (Å²) in [5.74, 6) is 1.90. The molecule has 0 spiro atoms. The van der Waals surface area contributed by atoms with Crippen molar-refractivity contribution < 1.29 is 28.2 Å². The Balaban J connectivity index is 1.47. The smallest absolute Gasteiger partial charge is 0.254 e. The molecule has 10 heteroatoms. The number of carbonyl (C=O) groups is 2. The Kier molecular flexibility index (Phi) is 8.76. The van der Waals surface area contributed by atoms with Crippen LogP contribution in [0.5, 0.6) is 17.2 Å². The van der Waals surface area contributed by atoms with Crippen molar-refractivity contribution in [3.63, 3.8) is 0 Å². The van der Waals surface area contributed by atoms with Crippen LogP contribution < -0.4 is 19.5 Å². The summed E-state index contributed by atoms with van der Waals surface area (Å²) in [6, 6.07) is 23.6. The fourth-order valence-corrected chi connectivity index (χ4v) is 4.55. The third-order valence-electron chi connectivity index (χ3n) is 6.84. The van der Waals surface area contributed by atoms with Crippen molar-refractivity contribution in [1.29, 1.82) is 0 Å². The fraction of sp³-hybridized carbons (Fsp3) is 0.182. The average Bonchev–Trinajstić information content (AvgIpc) is 3.70. The van der Waals surface area contributed by atoms with Crippen LogP contribution in [0.25, 0.3) is 16.9 Å². The molecule has 220 valence electrons. The van der Waals surface area contributed by atoms with Crippen LogP contribution in [0.1, 0.15) is 21.7 Å². The fourth-order valence-electron chi connectivity index (χ4n) is 4.55. The number of carbonyl (C=O) groups excluding carboxylic acids is 2. The minimum absolute atomic E-state index is 0.119. The van der Waals surface area contributed by atoms with Gasteiger partial charge in [-0.2, -0.15) is 0 Å². The van der Waals surface area contributed by atoms with Gasteiger partial charge in [0.25, 0.3) is 5.91 Å². The number of ether oxygens (including phenoxy) is 3. The quantitative estimate of drug-likeness (QED) is 0.212. The highest BCUT2D eigenvalue weighted by Gasteiger charge is 2.22. The molecule has 5 rings (SSSR count). The molecule has 0 fully saturated rings. The van der Waals surface area contributed by atoms with Crippen molar-refractivity contribution in [1.82, 2.24) is 14.5 Å². The molecule has 0 bridgehead atoms. The molecule has 0 aliphatic rings. The highest BCUT2D eigenvalue weighted by atomic mass is 16.5. The maximum Gasteiger partial charge on any atom is 0.254 e. The highest BCUT2D eigenvalue weighted by molar-refractivity contribution is 5.99. The number of anilines is 1. The molecule has 1 N–H and O–H groups in total. The van der Waals surface area contributed by atoms with E-state index in [2.05, 4.69) is 5.32 Å².